The molecule has 4 rings (SSSR count). The van der Waals surface area contributed by atoms with Crippen LogP contribution < -0.4 is 10.1 Å². The number of aromatic nitrogens is 3. The Labute approximate surface area is 178 Å². The first-order valence-electron chi connectivity index (χ1n) is 10.0. The van der Waals surface area contributed by atoms with Crippen LogP contribution in [0.2, 0.25) is 0 Å². The van der Waals surface area contributed by atoms with E-state index in [9.17, 15) is 9.59 Å². The fourth-order valence-corrected chi connectivity index (χ4v) is 5.09. The van der Waals surface area contributed by atoms with E-state index < -0.39 is 0 Å². The lowest BCUT2D eigenvalue weighted by Crippen LogP contribution is -2.18. The molecule has 0 saturated heterocycles. The summed E-state index contributed by atoms with van der Waals surface area (Å²) in [5.41, 5.74) is 1.75. The van der Waals surface area contributed by atoms with Gasteiger partial charge in [-0.2, -0.15) is 0 Å². The van der Waals surface area contributed by atoms with Crippen LogP contribution in [-0.4, -0.2) is 33.8 Å². The fourth-order valence-electron chi connectivity index (χ4n) is 3.93. The van der Waals surface area contributed by atoms with Crippen LogP contribution in [0, 0.1) is 12.8 Å². The van der Waals surface area contributed by atoms with E-state index in [0.717, 1.165) is 40.9 Å². The first-order valence-corrected chi connectivity index (χ1v) is 10.9. The number of thiazole rings is 1. The van der Waals surface area contributed by atoms with Crippen molar-refractivity contribution < 1.29 is 14.3 Å². The van der Waals surface area contributed by atoms with Crippen molar-refractivity contribution in [3.8, 4) is 5.75 Å². The standard InChI is InChI=1S/C22H24N4O3S/c1-12(27)14-4-6-15(7-5-14)22-26-18-10-19(29-3)17(11-20(18)30-22)25-21(28)16-8-9-23-13(2)24-16/h8-11,14-15H,4-7H2,1-3H3,(H,25,28)/t14-,15-. The molecule has 0 atom stereocenters. The molecule has 30 heavy (non-hydrogen) atoms. The minimum atomic E-state index is -0.314. The van der Waals surface area contributed by atoms with Crippen molar-refractivity contribution in [2.45, 2.75) is 45.4 Å². The second kappa shape index (κ2) is 8.47. The van der Waals surface area contributed by atoms with E-state index in [4.69, 9.17) is 9.72 Å². The molecule has 1 fully saturated rings. The third-order valence-corrected chi connectivity index (χ3v) is 6.82. The number of hydrogen-bond acceptors (Lipinski definition) is 7. The molecular formula is C22H24N4O3S. The van der Waals surface area contributed by atoms with Gasteiger partial charge in [-0.3, -0.25) is 9.59 Å². The zero-order valence-corrected chi connectivity index (χ0v) is 18.1. The van der Waals surface area contributed by atoms with Crippen LogP contribution in [0.4, 0.5) is 5.69 Å². The zero-order chi connectivity index (χ0) is 21.3. The predicted molar refractivity (Wildman–Crippen MR) is 116 cm³/mol. The first kappa shape index (κ1) is 20.4. The SMILES string of the molecule is COc1cc2nc([C@H]3CC[C@H](C(C)=O)CC3)sc2cc1NC(=O)c1ccnc(C)n1. The van der Waals surface area contributed by atoms with E-state index in [1.54, 1.807) is 44.6 Å². The Morgan fingerprint density at radius 3 is 2.60 bits per heavy atom. The van der Waals surface area contributed by atoms with Gasteiger partial charge >= 0.3 is 0 Å². The Balaban J connectivity index is 1.58. The number of hydrogen-bond donors (Lipinski definition) is 1. The predicted octanol–water partition coefficient (Wildman–Crippen LogP) is 4.52. The molecule has 0 radical (unpaired) electrons. The summed E-state index contributed by atoms with van der Waals surface area (Å²) >= 11 is 1.64. The van der Waals surface area contributed by atoms with Crippen LogP contribution >= 0.6 is 11.3 Å². The quantitative estimate of drug-likeness (QED) is 0.647. The second-order valence-corrected chi connectivity index (χ2v) is 8.74. The minimum absolute atomic E-state index is 0.197. The molecule has 1 aliphatic carbocycles. The number of Topliss-reactive ketones (excluding diaryl/α,β-unsaturated/α-hetero) is 1. The summed E-state index contributed by atoms with van der Waals surface area (Å²) in [6.45, 7) is 3.43. The highest BCUT2D eigenvalue weighted by Crippen LogP contribution is 2.41. The lowest BCUT2D eigenvalue weighted by molar-refractivity contribution is -0.121. The number of anilines is 1. The van der Waals surface area contributed by atoms with Gasteiger partial charge in [0.05, 0.1) is 28.0 Å². The van der Waals surface area contributed by atoms with Crippen molar-refractivity contribution in [2.75, 3.05) is 12.4 Å². The normalized spacial score (nSPS) is 18.9. The largest absolute Gasteiger partial charge is 0.494 e. The maximum atomic E-state index is 12.6. The molecule has 0 aliphatic heterocycles. The molecule has 1 saturated carbocycles. The first-order chi connectivity index (χ1) is 14.4. The van der Waals surface area contributed by atoms with Crippen molar-refractivity contribution in [3.05, 3.63) is 40.9 Å². The van der Waals surface area contributed by atoms with Crippen molar-refractivity contribution in [1.82, 2.24) is 15.0 Å². The maximum Gasteiger partial charge on any atom is 0.274 e. The van der Waals surface area contributed by atoms with E-state index in [-0.39, 0.29) is 11.8 Å². The van der Waals surface area contributed by atoms with Gasteiger partial charge in [0.2, 0.25) is 0 Å². The molecule has 1 aliphatic rings. The van der Waals surface area contributed by atoms with Gasteiger partial charge in [0.15, 0.2) is 0 Å². The number of amides is 1. The minimum Gasteiger partial charge on any atom is -0.494 e. The number of methoxy groups -OCH3 is 1. The number of nitrogens with one attached hydrogen (secondary N) is 1. The third-order valence-electron chi connectivity index (χ3n) is 5.63. The Morgan fingerprint density at radius 1 is 1.17 bits per heavy atom. The second-order valence-electron chi connectivity index (χ2n) is 7.67. The monoisotopic (exact) mass is 424 g/mol. The van der Waals surface area contributed by atoms with Crippen LogP contribution in [0.1, 0.15) is 59.8 Å². The maximum absolute atomic E-state index is 12.6. The molecule has 1 N–H and O–H groups in total. The van der Waals surface area contributed by atoms with E-state index in [2.05, 4.69) is 15.3 Å². The number of carbonyl (C=O) groups excluding carboxylic acids is 2. The number of benzene rings is 1. The summed E-state index contributed by atoms with van der Waals surface area (Å²) in [6, 6.07) is 5.34. The Hall–Kier alpha value is -2.87. The number of ether oxygens (including phenoxy) is 1. The zero-order valence-electron chi connectivity index (χ0n) is 17.3. The number of nitrogens with zero attached hydrogens (tertiary/aromatic N) is 3. The highest BCUT2D eigenvalue weighted by Gasteiger charge is 2.27. The van der Waals surface area contributed by atoms with Crippen LogP contribution in [-0.2, 0) is 4.79 Å². The van der Waals surface area contributed by atoms with Gasteiger partial charge in [-0.15, -0.1) is 11.3 Å². The Morgan fingerprint density at radius 2 is 1.93 bits per heavy atom. The number of fused-ring (bicyclic) bond motifs is 1. The summed E-state index contributed by atoms with van der Waals surface area (Å²) in [7, 11) is 1.57. The Bertz CT molecular complexity index is 1100. The average Bonchev–Trinajstić information content (AvgIpc) is 3.16. The average molecular weight is 425 g/mol. The van der Waals surface area contributed by atoms with Crippen LogP contribution in [0.3, 0.4) is 0 Å². The van der Waals surface area contributed by atoms with Gasteiger partial charge < -0.3 is 10.1 Å². The summed E-state index contributed by atoms with van der Waals surface area (Å²) in [5, 5.41) is 3.98. The molecule has 156 valence electrons. The molecule has 1 aromatic carbocycles. The molecule has 1 amide bonds. The van der Waals surface area contributed by atoms with Gasteiger partial charge in [-0.05, 0) is 51.7 Å². The van der Waals surface area contributed by atoms with Gasteiger partial charge in [0.25, 0.3) is 5.91 Å². The van der Waals surface area contributed by atoms with Gasteiger partial charge in [-0.1, -0.05) is 0 Å². The highest BCUT2D eigenvalue weighted by molar-refractivity contribution is 7.18. The van der Waals surface area contributed by atoms with Crippen LogP contribution in [0.5, 0.6) is 5.75 Å². The molecule has 0 spiro atoms. The van der Waals surface area contributed by atoms with Crippen molar-refractivity contribution in [1.29, 1.82) is 0 Å². The Kier molecular flexibility index (Phi) is 5.76. The molecular weight excluding hydrogens is 400 g/mol. The number of aryl methyl sites for hydroxylation is 1. The lowest BCUT2D eigenvalue weighted by Gasteiger charge is -2.25. The molecule has 0 unspecified atom stereocenters. The van der Waals surface area contributed by atoms with Gasteiger partial charge in [0.1, 0.15) is 23.1 Å². The van der Waals surface area contributed by atoms with Crippen molar-refractivity contribution >= 4 is 38.9 Å². The molecule has 2 heterocycles. The van der Waals surface area contributed by atoms with Crippen molar-refractivity contribution in [3.63, 3.8) is 0 Å². The lowest BCUT2D eigenvalue weighted by atomic mass is 9.80. The molecule has 7 nitrogen and oxygen atoms in total. The summed E-state index contributed by atoms with van der Waals surface area (Å²) in [4.78, 5) is 37.3. The summed E-state index contributed by atoms with van der Waals surface area (Å²) < 4.78 is 6.48. The fraction of sp³-hybridized carbons (Fsp3) is 0.409. The summed E-state index contributed by atoms with van der Waals surface area (Å²) in [6.07, 6.45) is 5.39. The molecule has 3 aromatic rings. The highest BCUT2D eigenvalue weighted by atomic mass is 32.1. The van der Waals surface area contributed by atoms with Crippen LogP contribution in [0.15, 0.2) is 24.4 Å². The summed E-state index contributed by atoms with van der Waals surface area (Å²) in [5.74, 6) is 1.65. The van der Waals surface area contributed by atoms with Gasteiger partial charge in [-0.25, -0.2) is 15.0 Å². The number of carbonyl (C=O) groups is 2. The van der Waals surface area contributed by atoms with Crippen LogP contribution in [0.25, 0.3) is 10.2 Å². The van der Waals surface area contributed by atoms with E-state index in [1.807, 2.05) is 12.1 Å². The third kappa shape index (κ3) is 4.18. The van der Waals surface area contributed by atoms with E-state index in [1.165, 1.54) is 0 Å². The van der Waals surface area contributed by atoms with E-state index >= 15 is 0 Å². The molecule has 0 bridgehead atoms. The van der Waals surface area contributed by atoms with Gasteiger partial charge in [0, 0.05) is 24.1 Å². The molecule has 8 heteroatoms. The number of rotatable bonds is 5. The smallest absolute Gasteiger partial charge is 0.274 e. The van der Waals surface area contributed by atoms with E-state index in [0.29, 0.717) is 34.7 Å². The topological polar surface area (TPSA) is 94.1 Å². The molecule has 2 aromatic heterocycles. The van der Waals surface area contributed by atoms with Crippen molar-refractivity contribution in [2.24, 2.45) is 5.92 Å². The number of ketones is 1.